The van der Waals surface area contributed by atoms with Gasteiger partial charge in [0.2, 0.25) is 5.91 Å². The summed E-state index contributed by atoms with van der Waals surface area (Å²) >= 11 is 0. The Kier molecular flexibility index (Phi) is 5.12. The van der Waals surface area contributed by atoms with Gasteiger partial charge in [-0.15, -0.1) is 0 Å². The summed E-state index contributed by atoms with van der Waals surface area (Å²) < 4.78 is 115. The van der Waals surface area contributed by atoms with Gasteiger partial charge in [-0.2, -0.15) is 39.5 Å². The van der Waals surface area contributed by atoms with E-state index in [2.05, 4.69) is 0 Å². The third-order valence-corrected chi connectivity index (χ3v) is 2.82. The molecule has 1 N–H and O–H groups in total. The summed E-state index contributed by atoms with van der Waals surface area (Å²) in [6.07, 6.45) is -6.85. The number of nitrogens with zero attached hydrogens (tertiary/aromatic N) is 1. The molecule has 3 nitrogen and oxygen atoms in total. The lowest BCUT2D eigenvalue weighted by molar-refractivity contribution is -0.670. The topological polar surface area (TPSA) is 33.0 Å². The molecule has 0 saturated heterocycles. The number of anilines is 1. The summed E-state index contributed by atoms with van der Waals surface area (Å²) in [7, 11) is 1.46. The first-order valence-electron chi connectivity index (χ1n) is 6.07. The van der Waals surface area contributed by atoms with Crippen LogP contribution in [-0.4, -0.2) is 29.9 Å². The molecule has 136 valence electrons. The Bertz CT molecular complexity index is 613. The number of amides is 1. The van der Waals surface area contributed by atoms with Gasteiger partial charge in [0.25, 0.3) is 0 Å². The standard InChI is InChI=1S/C12H9F9N2O/c1-23-4-2-3-7(6-23)22-8(24)5-9(13,14)10(15,16)11(17,18)12(19,20)21/h2-4,6H,5H2,1H3/p+1. The molecule has 24 heavy (non-hydrogen) atoms. The van der Waals surface area contributed by atoms with Crippen molar-refractivity contribution in [2.45, 2.75) is 30.4 Å². The van der Waals surface area contributed by atoms with Crippen molar-refractivity contribution in [3.63, 3.8) is 0 Å². The predicted molar refractivity (Wildman–Crippen MR) is 61.8 cm³/mol. The molecule has 1 rings (SSSR count). The first-order chi connectivity index (χ1) is 10.6. The van der Waals surface area contributed by atoms with Crippen LogP contribution in [0, 0.1) is 0 Å². The van der Waals surface area contributed by atoms with Crippen molar-refractivity contribution in [3.8, 4) is 0 Å². The van der Waals surface area contributed by atoms with E-state index in [9.17, 15) is 44.3 Å². The Hall–Kier alpha value is -2.01. The lowest BCUT2D eigenvalue weighted by atomic mass is 10.0. The monoisotopic (exact) mass is 369 g/mol. The van der Waals surface area contributed by atoms with E-state index >= 15 is 0 Å². The Morgan fingerprint density at radius 1 is 1.04 bits per heavy atom. The van der Waals surface area contributed by atoms with Gasteiger partial charge in [-0.25, -0.2) is 4.57 Å². The zero-order chi connectivity index (χ0) is 19.0. The van der Waals surface area contributed by atoms with E-state index in [0.29, 0.717) is 0 Å². The Labute approximate surface area is 129 Å². The fraction of sp³-hybridized carbons (Fsp3) is 0.500. The molecule has 1 heterocycles. The minimum absolute atomic E-state index is 0.147. The van der Waals surface area contributed by atoms with Crippen LogP contribution in [0.15, 0.2) is 24.5 Å². The maximum atomic E-state index is 13.3. The number of pyridine rings is 1. The number of carbonyl (C=O) groups excluding carboxylic acids is 1. The smallest absolute Gasteiger partial charge is 0.321 e. The summed E-state index contributed by atoms with van der Waals surface area (Å²) in [6.45, 7) is 0. The van der Waals surface area contributed by atoms with E-state index in [0.717, 1.165) is 0 Å². The van der Waals surface area contributed by atoms with E-state index in [1.54, 1.807) is 5.32 Å². The fourth-order valence-electron chi connectivity index (χ4n) is 1.59. The van der Waals surface area contributed by atoms with Crippen molar-refractivity contribution >= 4 is 11.6 Å². The van der Waals surface area contributed by atoms with Crippen LogP contribution in [0.25, 0.3) is 0 Å². The van der Waals surface area contributed by atoms with Crippen LogP contribution in [0.3, 0.4) is 0 Å². The van der Waals surface area contributed by atoms with Crippen molar-refractivity contribution in [3.05, 3.63) is 24.5 Å². The minimum atomic E-state index is -7.01. The van der Waals surface area contributed by atoms with E-state index in [-0.39, 0.29) is 5.69 Å². The molecule has 0 aliphatic rings. The molecule has 0 unspecified atom stereocenters. The molecule has 1 aromatic rings. The van der Waals surface area contributed by atoms with Crippen LogP contribution < -0.4 is 9.88 Å². The van der Waals surface area contributed by atoms with Gasteiger partial charge in [-0.05, 0) is 6.07 Å². The van der Waals surface area contributed by atoms with Crippen LogP contribution >= 0.6 is 0 Å². The summed E-state index contributed by atoms with van der Waals surface area (Å²) in [5, 5.41) is 1.70. The molecule has 0 spiro atoms. The van der Waals surface area contributed by atoms with E-state index in [4.69, 9.17) is 0 Å². The second-order valence-electron chi connectivity index (χ2n) is 4.83. The van der Waals surface area contributed by atoms with Crippen LogP contribution in [0.1, 0.15) is 6.42 Å². The average Bonchev–Trinajstić information content (AvgIpc) is 2.35. The maximum absolute atomic E-state index is 13.3. The van der Waals surface area contributed by atoms with Gasteiger partial charge in [-0.3, -0.25) is 4.79 Å². The molecule has 0 radical (unpaired) electrons. The van der Waals surface area contributed by atoms with Crippen molar-refractivity contribution in [1.29, 1.82) is 0 Å². The molecular weight excluding hydrogens is 359 g/mol. The summed E-state index contributed by atoms with van der Waals surface area (Å²) in [6, 6.07) is 2.50. The fourth-order valence-corrected chi connectivity index (χ4v) is 1.59. The highest BCUT2D eigenvalue weighted by molar-refractivity contribution is 5.91. The molecule has 12 heteroatoms. The average molecular weight is 369 g/mol. The number of aromatic nitrogens is 1. The highest BCUT2D eigenvalue weighted by Gasteiger charge is 2.81. The lowest BCUT2D eigenvalue weighted by Gasteiger charge is -2.33. The Morgan fingerprint density at radius 2 is 1.58 bits per heavy atom. The maximum Gasteiger partial charge on any atom is 0.460 e. The summed E-state index contributed by atoms with van der Waals surface area (Å²) in [5.74, 6) is -21.6. The molecule has 1 amide bonds. The van der Waals surface area contributed by atoms with Crippen molar-refractivity contribution in [2.24, 2.45) is 7.05 Å². The van der Waals surface area contributed by atoms with Gasteiger partial charge in [0.05, 0.1) is 6.42 Å². The van der Waals surface area contributed by atoms with E-state index in [1.807, 2.05) is 0 Å². The number of hydrogen-bond acceptors (Lipinski definition) is 1. The number of carbonyl (C=O) groups is 1. The quantitative estimate of drug-likeness (QED) is 0.627. The normalized spacial score (nSPS) is 13.8. The van der Waals surface area contributed by atoms with Crippen LogP contribution in [0.4, 0.5) is 45.2 Å². The van der Waals surface area contributed by atoms with Crippen LogP contribution in [0.2, 0.25) is 0 Å². The molecule has 0 bridgehead atoms. The van der Waals surface area contributed by atoms with Crippen molar-refractivity contribution in [1.82, 2.24) is 0 Å². The van der Waals surface area contributed by atoms with Gasteiger partial charge < -0.3 is 5.32 Å². The second-order valence-corrected chi connectivity index (χ2v) is 4.83. The highest BCUT2D eigenvalue weighted by atomic mass is 19.4. The highest BCUT2D eigenvalue weighted by Crippen LogP contribution is 2.54. The zero-order valence-electron chi connectivity index (χ0n) is 11.8. The minimum Gasteiger partial charge on any atom is -0.321 e. The first kappa shape index (κ1) is 20.0. The molecular formula is C12H10F9N2O+. The first-order valence-corrected chi connectivity index (χ1v) is 6.07. The van der Waals surface area contributed by atoms with Gasteiger partial charge in [-0.1, -0.05) is 0 Å². The summed E-state index contributed by atoms with van der Waals surface area (Å²) in [5.41, 5.74) is -0.147. The van der Waals surface area contributed by atoms with Crippen molar-refractivity contribution in [2.75, 3.05) is 5.32 Å². The Balaban J connectivity index is 2.97. The summed E-state index contributed by atoms with van der Waals surface area (Å²) in [4.78, 5) is 11.3. The zero-order valence-corrected chi connectivity index (χ0v) is 11.8. The van der Waals surface area contributed by atoms with Crippen LogP contribution in [-0.2, 0) is 11.8 Å². The number of halogens is 9. The van der Waals surface area contributed by atoms with Gasteiger partial charge in [0.1, 0.15) is 12.7 Å². The largest absolute Gasteiger partial charge is 0.460 e. The SMILES string of the molecule is C[n+]1cccc(NC(=O)CC(F)(F)C(F)(F)C(F)(F)C(F)(F)F)c1. The molecule has 0 atom stereocenters. The van der Waals surface area contributed by atoms with Crippen LogP contribution in [0.5, 0.6) is 0 Å². The number of rotatable bonds is 5. The molecule has 0 saturated carbocycles. The predicted octanol–water partition coefficient (Wildman–Crippen LogP) is 3.31. The molecule has 0 aliphatic carbocycles. The third-order valence-electron chi connectivity index (χ3n) is 2.82. The third kappa shape index (κ3) is 3.73. The number of hydrogen-bond donors (Lipinski definition) is 1. The number of alkyl halides is 9. The van der Waals surface area contributed by atoms with Gasteiger partial charge in [0.15, 0.2) is 12.4 Å². The number of nitrogens with one attached hydrogen (secondary N) is 1. The van der Waals surface area contributed by atoms with Crippen molar-refractivity contribution < 1.29 is 48.9 Å². The molecule has 0 aromatic carbocycles. The van der Waals surface area contributed by atoms with Gasteiger partial charge >= 0.3 is 23.9 Å². The number of aryl methyl sites for hydroxylation is 1. The molecule has 1 aromatic heterocycles. The second kappa shape index (κ2) is 6.13. The van der Waals surface area contributed by atoms with E-state index in [1.165, 1.54) is 36.1 Å². The molecule has 0 fully saturated rings. The van der Waals surface area contributed by atoms with Gasteiger partial charge in [0, 0.05) is 6.07 Å². The lowest BCUT2D eigenvalue weighted by Crippen LogP contribution is -2.61. The Morgan fingerprint density at radius 3 is 2.04 bits per heavy atom. The van der Waals surface area contributed by atoms with E-state index < -0.39 is 36.3 Å². The molecule has 0 aliphatic heterocycles.